The Labute approximate surface area is 202 Å². The zero-order valence-corrected chi connectivity index (χ0v) is 19.8. The van der Waals surface area contributed by atoms with Crippen LogP contribution in [0, 0.1) is 11.3 Å². The van der Waals surface area contributed by atoms with Crippen molar-refractivity contribution in [3.63, 3.8) is 0 Å². The number of pyridine rings is 1. The van der Waals surface area contributed by atoms with E-state index in [2.05, 4.69) is 45.9 Å². The summed E-state index contributed by atoms with van der Waals surface area (Å²) in [6, 6.07) is 14.7. The average molecular weight is 476 g/mol. The summed E-state index contributed by atoms with van der Waals surface area (Å²) in [7, 11) is 0. The third-order valence-electron chi connectivity index (χ3n) is 6.42. The first-order valence-electron chi connectivity index (χ1n) is 11.7. The quantitative estimate of drug-likeness (QED) is 0.431. The Hall–Kier alpha value is -3.38. The van der Waals surface area contributed by atoms with Crippen molar-refractivity contribution in [1.29, 1.82) is 5.26 Å². The molecule has 1 atom stereocenters. The molecule has 0 radical (unpaired) electrons. The number of anilines is 1. The fourth-order valence-electron chi connectivity index (χ4n) is 4.66. The number of aromatic nitrogens is 3. The minimum absolute atomic E-state index is 0.136. The normalized spacial score (nSPS) is 17.6. The molecule has 5 rings (SSSR count). The van der Waals surface area contributed by atoms with E-state index in [0.29, 0.717) is 22.4 Å². The molecule has 34 heavy (non-hydrogen) atoms. The van der Waals surface area contributed by atoms with Crippen molar-refractivity contribution < 1.29 is 14.1 Å². The molecule has 1 amide bonds. The number of carbonyl (C=O) groups is 1. The van der Waals surface area contributed by atoms with Gasteiger partial charge in [-0.05, 0) is 61.6 Å². The highest BCUT2D eigenvalue weighted by Gasteiger charge is 2.25. The van der Waals surface area contributed by atoms with Crippen molar-refractivity contribution in [3.8, 4) is 6.07 Å². The summed E-state index contributed by atoms with van der Waals surface area (Å²) in [5, 5.41) is 19.1. The number of amides is 1. The van der Waals surface area contributed by atoms with Gasteiger partial charge in [0.25, 0.3) is 6.20 Å². The van der Waals surface area contributed by atoms with Gasteiger partial charge in [0.05, 0.1) is 29.2 Å². The van der Waals surface area contributed by atoms with Crippen LogP contribution in [0.3, 0.4) is 0 Å². The lowest BCUT2D eigenvalue weighted by atomic mass is 9.82. The first kappa shape index (κ1) is 22.4. The average Bonchev–Trinajstić information content (AvgIpc) is 3.36. The highest BCUT2D eigenvalue weighted by atomic mass is 32.2. The smallest absolute Gasteiger partial charge is 0.288 e. The van der Waals surface area contributed by atoms with Crippen LogP contribution in [0.1, 0.15) is 54.0 Å². The maximum absolute atomic E-state index is 12.5. The molecule has 0 saturated carbocycles. The summed E-state index contributed by atoms with van der Waals surface area (Å²) in [6.07, 6.45) is 7.95. The van der Waals surface area contributed by atoms with Crippen molar-refractivity contribution >= 4 is 23.6 Å². The van der Waals surface area contributed by atoms with Gasteiger partial charge in [0, 0.05) is 5.69 Å². The number of hydrogen-bond donors (Lipinski definition) is 1. The third-order valence-corrected chi connectivity index (χ3v) is 7.42. The highest BCUT2D eigenvalue weighted by Crippen LogP contribution is 2.34. The second-order valence-electron chi connectivity index (χ2n) is 8.75. The largest absolute Gasteiger partial charge is 0.305 e. The Kier molecular flexibility index (Phi) is 6.77. The van der Waals surface area contributed by atoms with Crippen molar-refractivity contribution in [2.75, 3.05) is 29.2 Å². The molecule has 1 aromatic carbocycles. The van der Waals surface area contributed by atoms with Gasteiger partial charge in [0.1, 0.15) is 11.1 Å². The SMILES string of the molecule is N#Cc1cc2c(nc1SCC(=O)Nc1c[n+](N3CCCCC3)no1)CCC(c1ccccc1)C2. The number of thioether (sulfide) groups is 1. The van der Waals surface area contributed by atoms with Crippen molar-refractivity contribution in [3.05, 3.63) is 65.0 Å². The topological polar surface area (TPSA) is 98.9 Å². The van der Waals surface area contributed by atoms with Crippen LogP contribution < -0.4 is 15.1 Å². The van der Waals surface area contributed by atoms with Crippen LogP contribution in [-0.4, -0.2) is 35.0 Å². The lowest BCUT2D eigenvalue weighted by Crippen LogP contribution is -2.60. The second-order valence-corrected chi connectivity index (χ2v) is 9.71. The minimum Gasteiger partial charge on any atom is -0.288 e. The molecule has 0 spiro atoms. The third kappa shape index (κ3) is 5.07. The lowest BCUT2D eigenvalue weighted by molar-refractivity contribution is -0.759. The van der Waals surface area contributed by atoms with E-state index in [0.717, 1.165) is 56.5 Å². The van der Waals surface area contributed by atoms with Crippen LogP contribution in [0.5, 0.6) is 0 Å². The molecule has 9 heteroatoms. The summed E-state index contributed by atoms with van der Waals surface area (Å²) in [5.74, 6) is 0.666. The molecule has 8 nitrogen and oxygen atoms in total. The van der Waals surface area contributed by atoms with Gasteiger partial charge in [-0.1, -0.05) is 42.1 Å². The van der Waals surface area contributed by atoms with E-state index in [1.165, 1.54) is 23.7 Å². The number of benzene rings is 1. The van der Waals surface area contributed by atoms with Gasteiger partial charge in [-0.15, -0.1) is 0 Å². The zero-order chi connectivity index (χ0) is 23.3. The minimum atomic E-state index is -0.223. The summed E-state index contributed by atoms with van der Waals surface area (Å²) in [4.78, 5) is 18.9. The van der Waals surface area contributed by atoms with E-state index < -0.39 is 0 Å². The fourth-order valence-corrected chi connectivity index (χ4v) is 5.44. The molecule has 3 aromatic rings. The molecule has 2 aromatic heterocycles. The zero-order valence-electron chi connectivity index (χ0n) is 18.9. The maximum atomic E-state index is 12.5. The Bertz CT molecular complexity index is 1200. The number of rotatable bonds is 6. The van der Waals surface area contributed by atoms with Gasteiger partial charge >= 0.3 is 5.88 Å². The van der Waals surface area contributed by atoms with Crippen molar-refractivity contribution in [1.82, 2.24) is 10.3 Å². The Balaban J connectivity index is 1.21. The van der Waals surface area contributed by atoms with Gasteiger partial charge in [-0.3, -0.25) is 14.6 Å². The number of piperidine rings is 1. The van der Waals surface area contributed by atoms with E-state index >= 15 is 0 Å². The molecular formula is C25H27N6O2S+. The maximum Gasteiger partial charge on any atom is 0.305 e. The van der Waals surface area contributed by atoms with Gasteiger partial charge in [0.15, 0.2) is 0 Å². The summed E-state index contributed by atoms with van der Waals surface area (Å²) in [6.45, 7) is 1.85. The number of nitriles is 1. The Morgan fingerprint density at radius 2 is 2.09 bits per heavy atom. The molecule has 174 valence electrons. The van der Waals surface area contributed by atoms with Crippen LogP contribution >= 0.6 is 11.8 Å². The number of nitrogens with one attached hydrogen (secondary N) is 1. The van der Waals surface area contributed by atoms with Crippen LogP contribution in [0.15, 0.2) is 52.1 Å². The van der Waals surface area contributed by atoms with E-state index in [9.17, 15) is 10.1 Å². The predicted molar refractivity (Wildman–Crippen MR) is 128 cm³/mol. The molecule has 1 aliphatic carbocycles. The van der Waals surface area contributed by atoms with E-state index in [1.54, 1.807) is 11.0 Å². The van der Waals surface area contributed by atoms with E-state index in [4.69, 9.17) is 9.51 Å². The molecule has 1 saturated heterocycles. The number of hydrogen-bond acceptors (Lipinski definition) is 7. The molecular weight excluding hydrogens is 448 g/mol. The van der Waals surface area contributed by atoms with Crippen LogP contribution in [0.4, 0.5) is 5.88 Å². The first-order valence-corrected chi connectivity index (χ1v) is 12.7. The van der Waals surface area contributed by atoms with Crippen LogP contribution in [0.2, 0.25) is 0 Å². The van der Waals surface area contributed by atoms with Crippen LogP contribution in [0.25, 0.3) is 0 Å². The number of carbonyl (C=O) groups excluding carboxylic acids is 1. The Morgan fingerprint density at radius 1 is 1.26 bits per heavy atom. The monoisotopic (exact) mass is 475 g/mol. The van der Waals surface area contributed by atoms with Crippen molar-refractivity contribution in [2.45, 2.75) is 49.5 Å². The number of fused-ring (bicyclic) bond motifs is 1. The number of aryl methyl sites for hydroxylation is 1. The summed E-state index contributed by atoms with van der Waals surface area (Å²) < 4.78 is 5.27. The summed E-state index contributed by atoms with van der Waals surface area (Å²) >= 11 is 1.28. The standard InChI is InChI=1S/C25H26N6O2S/c26-15-21-14-20-13-19(18-7-3-1-4-8-18)9-10-22(20)27-25(21)34-17-23(32)28-24-16-31(29-33-24)30-11-5-2-6-12-30/h1,3-4,7-8,14,16,19H,2,5-6,9-13,17H2/p+1. The lowest BCUT2D eigenvalue weighted by Gasteiger charge is -2.25. The van der Waals surface area contributed by atoms with E-state index in [-0.39, 0.29) is 11.7 Å². The number of nitrogens with zero attached hydrogens (tertiary/aromatic N) is 5. The fraction of sp³-hybridized carbons (Fsp3) is 0.400. The first-order chi connectivity index (χ1) is 16.7. The summed E-state index contributed by atoms with van der Waals surface area (Å²) in [5.41, 5.74) is 4.02. The molecule has 1 aliphatic heterocycles. The molecule has 1 unspecified atom stereocenters. The van der Waals surface area contributed by atoms with Gasteiger partial charge < -0.3 is 0 Å². The highest BCUT2D eigenvalue weighted by molar-refractivity contribution is 8.00. The molecule has 1 fully saturated rings. The predicted octanol–water partition coefficient (Wildman–Crippen LogP) is 3.35. The van der Waals surface area contributed by atoms with Crippen LogP contribution in [-0.2, 0) is 17.6 Å². The second kappa shape index (κ2) is 10.3. The van der Waals surface area contributed by atoms with Crippen molar-refractivity contribution in [2.24, 2.45) is 0 Å². The Morgan fingerprint density at radius 3 is 2.88 bits per heavy atom. The molecule has 1 N–H and O–H groups in total. The van der Waals surface area contributed by atoms with Gasteiger partial charge in [-0.2, -0.15) is 10.3 Å². The van der Waals surface area contributed by atoms with Gasteiger partial charge in [0.2, 0.25) is 11.2 Å². The van der Waals surface area contributed by atoms with Gasteiger partial charge in [-0.25, -0.2) is 4.98 Å². The molecule has 0 bridgehead atoms. The molecule has 3 heterocycles. The van der Waals surface area contributed by atoms with E-state index in [1.807, 2.05) is 12.1 Å². The molecule has 2 aliphatic rings.